The van der Waals surface area contributed by atoms with E-state index in [0.717, 1.165) is 32.2 Å². The second-order valence-electron chi connectivity index (χ2n) is 4.96. The molecule has 0 radical (unpaired) electrons. The van der Waals surface area contributed by atoms with Crippen molar-refractivity contribution in [2.45, 2.75) is 13.8 Å². The van der Waals surface area contributed by atoms with Crippen LogP contribution in [0.1, 0.15) is 10.6 Å². The van der Waals surface area contributed by atoms with E-state index >= 15 is 0 Å². The Labute approximate surface area is 143 Å². The fraction of sp³-hybridized carbons (Fsp3) is 0.125. The van der Waals surface area contributed by atoms with E-state index in [-0.39, 0.29) is 0 Å². The molecule has 3 aromatic rings. The van der Waals surface area contributed by atoms with Gasteiger partial charge < -0.3 is 10.6 Å². The molecule has 0 saturated heterocycles. The summed E-state index contributed by atoms with van der Waals surface area (Å²) in [4.78, 5) is 4.45. The van der Waals surface area contributed by atoms with Crippen molar-refractivity contribution < 1.29 is 0 Å². The molecule has 0 atom stereocenters. The van der Waals surface area contributed by atoms with E-state index in [1.54, 1.807) is 11.3 Å². The van der Waals surface area contributed by atoms with Crippen LogP contribution < -0.4 is 10.6 Å². The van der Waals surface area contributed by atoms with Crippen molar-refractivity contribution in [2.75, 3.05) is 10.6 Å². The molecular weight excluding hydrogens is 334 g/mol. The van der Waals surface area contributed by atoms with Crippen molar-refractivity contribution >= 4 is 61.9 Å². The zero-order chi connectivity index (χ0) is 15.7. The molecule has 0 bridgehead atoms. The SMILES string of the molecule is Cc1nc2ccc(NC(=S)Nc3ccc(C)c(Cl)c3)cc2s1. The fourth-order valence-electron chi connectivity index (χ4n) is 2.08. The molecule has 1 aromatic heterocycles. The van der Waals surface area contributed by atoms with Gasteiger partial charge in [0.15, 0.2) is 5.11 Å². The molecule has 0 unspecified atom stereocenters. The lowest BCUT2D eigenvalue weighted by Crippen LogP contribution is -2.18. The van der Waals surface area contributed by atoms with Crippen LogP contribution in [-0.4, -0.2) is 10.1 Å². The number of benzene rings is 2. The summed E-state index contributed by atoms with van der Waals surface area (Å²) in [5.74, 6) is 0. The summed E-state index contributed by atoms with van der Waals surface area (Å²) >= 11 is 13.1. The molecule has 3 nitrogen and oxygen atoms in total. The van der Waals surface area contributed by atoms with Gasteiger partial charge in [-0.2, -0.15) is 0 Å². The highest BCUT2D eigenvalue weighted by Crippen LogP contribution is 2.25. The second kappa shape index (κ2) is 6.20. The molecule has 6 heteroatoms. The normalized spacial score (nSPS) is 10.7. The van der Waals surface area contributed by atoms with Gasteiger partial charge in [-0.05, 0) is 62.0 Å². The van der Waals surface area contributed by atoms with Crippen LogP contribution in [0.25, 0.3) is 10.2 Å². The minimum absolute atomic E-state index is 0.528. The summed E-state index contributed by atoms with van der Waals surface area (Å²) in [6, 6.07) is 11.8. The number of thiocarbonyl (C=S) groups is 1. The first-order chi connectivity index (χ1) is 10.5. The van der Waals surface area contributed by atoms with Crippen molar-refractivity contribution in [3.63, 3.8) is 0 Å². The van der Waals surface area contributed by atoms with E-state index in [0.29, 0.717) is 10.1 Å². The number of rotatable bonds is 2. The Balaban J connectivity index is 1.73. The van der Waals surface area contributed by atoms with Gasteiger partial charge in [0.25, 0.3) is 0 Å². The van der Waals surface area contributed by atoms with Gasteiger partial charge in [0.05, 0.1) is 15.2 Å². The lowest BCUT2D eigenvalue weighted by molar-refractivity contribution is 1.35. The monoisotopic (exact) mass is 347 g/mol. The largest absolute Gasteiger partial charge is 0.332 e. The highest BCUT2D eigenvalue weighted by Gasteiger charge is 2.04. The Morgan fingerprint density at radius 1 is 1.09 bits per heavy atom. The second-order valence-corrected chi connectivity index (χ2v) is 7.01. The summed E-state index contributed by atoms with van der Waals surface area (Å²) in [6.45, 7) is 3.97. The van der Waals surface area contributed by atoms with Gasteiger partial charge >= 0.3 is 0 Å². The van der Waals surface area contributed by atoms with Gasteiger partial charge in [0.2, 0.25) is 0 Å². The highest BCUT2D eigenvalue weighted by atomic mass is 35.5. The summed E-state index contributed by atoms with van der Waals surface area (Å²) < 4.78 is 1.14. The Morgan fingerprint density at radius 2 is 1.77 bits per heavy atom. The third-order valence-corrected chi connectivity index (χ3v) is 4.73. The first kappa shape index (κ1) is 15.2. The minimum Gasteiger partial charge on any atom is -0.332 e. The van der Waals surface area contributed by atoms with Crippen molar-refractivity contribution in [1.29, 1.82) is 0 Å². The molecular formula is C16H14ClN3S2. The molecule has 0 saturated carbocycles. The number of nitrogens with one attached hydrogen (secondary N) is 2. The van der Waals surface area contributed by atoms with Gasteiger partial charge in [-0.3, -0.25) is 0 Å². The summed E-state index contributed by atoms with van der Waals surface area (Å²) in [5.41, 5.74) is 3.85. The number of aromatic nitrogens is 1. The summed E-state index contributed by atoms with van der Waals surface area (Å²) in [6.07, 6.45) is 0. The van der Waals surface area contributed by atoms with E-state index in [4.69, 9.17) is 23.8 Å². The highest BCUT2D eigenvalue weighted by molar-refractivity contribution is 7.80. The van der Waals surface area contributed by atoms with Crippen LogP contribution in [0.2, 0.25) is 5.02 Å². The first-order valence-electron chi connectivity index (χ1n) is 6.72. The maximum absolute atomic E-state index is 6.12. The number of thiazole rings is 1. The molecule has 112 valence electrons. The molecule has 22 heavy (non-hydrogen) atoms. The van der Waals surface area contributed by atoms with Crippen molar-refractivity contribution in [3.05, 3.63) is 52.0 Å². The van der Waals surface area contributed by atoms with Gasteiger partial charge in [-0.1, -0.05) is 17.7 Å². The van der Waals surface area contributed by atoms with Gasteiger partial charge in [-0.25, -0.2) is 4.98 Å². The number of aryl methyl sites for hydroxylation is 2. The maximum atomic E-state index is 6.12. The minimum atomic E-state index is 0.528. The number of hydrogen-bond donors (Lipinski definition) is 2. The first-order valence-corrected chi connectivity index (χ1v) is 8.33. The molecule has 0 fully saturated rings. The average molecular weight is 348 g/mol. The lowest BCUT2D eigenvalue weighted by atomic mass is 10.2. The topological polar surface area (TPSA) is 37.0 Å². The summed E-state index contributed by atoms with van der Waals surface area (Å²) in [5, 5.41) is 8.62. The molecule has 2 aromatic carbocycles. The van der Waals surface area contributed by atoms with Crippen LogP contribution in [0.4, 0.5) is 11.4 Å². The van der Waals surface area contributed by atoms with Crippen LogP contribution in [0, 0.1) is 13.8 Å². The zero-order valence-corrected chi connectivity index (χ0v) is 14.5. The number of nitrogens with zero attached hydrogens (tertiary/aromatic N) is 1. The molecule has 2 N–H and O–H groups in total. The zero-order valence-electron chi connectivity index (χ0n) is 12.1. The quantitative estimate of drug-likeness (QED) is 0.610. The number of halogens is 1. The smallest absolute Gasteiger partial charge is 0.175 e. The third kappa shape index (κ3) is 3.38. The van der Waals surface area contributed by atoms with Crippen molar-refractivity contribution in [2.24, 2.45) is 0 Å². The van der Waals surface area contributed by atoms with Crippen LogP contribution in [0.3, 0.4) is 0 Å². The molecule has 0 amide bonds. The van der Waals surface area contributed by atoms with Gasteiger partial charge in [0.1, 0.15) is 0 Å². The van der Waals surface area contributed by atoms with Crippen LogP contribution in [0.5, 0.6) is 0 Å². The molecule has 1 heterocycles. The van der Waals surface area contributed by atoms with Crippen molar-refractivity contribution in [3.8, 4) is 0 Å². The lowest BCUT2D eigenvalue weighted by Gasteiger charge is -2.11. The molecule has 0 aliphatic carbocycles. The Morgan fingerprint density at radius 3 is 2.50 bits per heavy atom. The Hall–Kier alpha value is -1.69. The van der Waals surface area contributed by atoms with Crippen LogP contribution in [-0.2, 0) is 0 Å². The van der Waals surface area contributed by atoms with E-state index in [1.165, 1.54) is 0 Å². The number of fused-ring (bicyclic) bond motifs is 1. The molecule has 0 spiro atoms. The molecule has 0 aliphatic heterocycles. The predicted octanol–water partition coefficient (Wildman–Crippen LogP) is 5.38. The third-order valence-electron chi connectivity index (χ3n) is 3.18. The predicted molar refractivity (Wildman–Crippen MR) is 100 cm³/mol. The van der Waals surface area contributed by atoms with E-state index in [9.17, 15) is 0 Å². The fourth-order valence-corrected chi connectivity index (χ4v) is 3.36. The number of hydrogen-bond acceptors (Lipinski definition) is 3. The van der Waals surface area contributed by atoms with E-state index in [1.807, 2.05) is 44.2 Å². The molecule has 0 aliphatic rings. The van der Waals surface area contributed by atoms with Gasteiger partial charge in [0, 0.05) is 16.4 Å². The van der Waals surface area contributed by atoms with Crippen LogP contribution >= 0.6 is 35.2 Å². The maximum Gasteiger partial charge on any atom is 0.175 e. The molecule has 3 rings (SSSR count). The van der Waals surface area contributed by atoms with Crippen LogP contribution in [0.15, 0.2) is 36.4 Å². The number of anilines is 2. The standard InChI is InChI=1S/C16H14ClN3S2/c1-9-3-4-11(7-13(9)17)19-16(21)20-12-5-6-14-15(8-12)22-10(2)18-14/h3-8H,1-2H3,(H2,19,20,21). The van der Waals surface area contributed by atoms with Gasteiger partial charge in [-0.15, -0.1) is 11.3 Å². The van der Waals surface area contributed by atoms with Crippen molar-refractivity contribution in [1.82, 2.24) is 4.98 Å². The van der Waals surface area contributed by atoms with E-state index < -0.39 is 0 Å². The average Bonchev–Trinajstić information content (AvgIpc) is 2.82. The summed E-state index contributed by atoms with van der Waals surface area (Å²) in [7, 11) is 0. The Bertz CT molecular complexity index is 858. The van der Waals surface area contributed by atoms with E-state index in [2.05, 4.69) is 21.7 Å². The Kier molecular flexibility index (Phi) is 4.29.